The van der Waals surface area contributed by atoms with E-state index in [2.05, 4.69) is 16.3 Å². The molecular formula is C26H29N3O2. The second kappa shape index (κ2) is 8.67. The Bertz CT molecular complexity index is 1090. The van der Waals surface area contributed by atoms with Gasteiger partial charge in [-0.1, -0.05) is 36.4 Å². The maximum atomic E-state index is 13.4. The number of nitrogens with zero attached hydrogens (tertiary/aromatic N) is 2. The summed E-state index contributed by atoms with van der Waals surface area (Å²) in [6.45, 7) is 2.64. The summed E-state index contributed by atoms with van der Waals surface area (Å²) in [5.41, 5.74) is 3.81. The third-order valence-electron chi connectivity index (χ3n) is 6.51. The minimum absolute atomic E-state index is 0.0282. The fourth-order valence-electron chi connectivity index (χ4n) is 4.69. The van der Waals surface area contributed by atoms with Gasteiger partial charge in [0.15, 0.2) is 0 Å². The number of carbonyl (C=O) groups is 1. The van der Waals surface area contributed by atoms with E-state index < -0.39 is 0 Å². The Morgan fingerprint density at radius 2 is 1.87 bits per heavy atom. The highest BCUT2D eigenvalue weighted by Crippen LogP contribution is 2.40. The average Bonchev–Trinajstić information content (AvgIpc) is 3.53. The van der Waals surface area contributed by atoms with Gasteiger partial charge in [-0.15, -0.1) is 0 Å². The van der Waals surface area contributed by atoms with E-state index in [0.717, 1.165) is 59.4 Å². The van der Waals surface area contributed by atoms with Crippen molar-refractivity contribution in [1.29, 1.82) is 0 Å². The number of hydrogen-bond donors (Lipinski definition) is 1. The molecule has 2 heterocycles. The number of ether oxygens (including phenoxy) is 1. The molecule has 1 aliphatic heterocycles. The largest absolute Gasteiger partial charge is 0.496 e. The fraction of sp³-hybridized carbons (Fsp3) is 0.385. The lowest BCUT2D eigenvalue weighted by Gasteiger charge is -2.29. The van der Waals surface area contributed by atoms with Crippen LogP contribution in [-0.4, -0.2) is 42.5 Å². The Morgan fingerprint density at radius 1 is 1.13 bits per heavy atom. The van der Waals surface area contributed by atoms with E-state index in [9.17, 15) is 4.79 Å². The molecule has 31 heavy (non-hydrogen) atoms. The zero-order chi connectivity index (χ0) is 21.2. The summed E-state index contributed by atoms with van der Waals surface area (Å²) in [5.74, 6) is 1.35. The standard InChI is InChI=1S/C26H29N3O2/c1-31-25-11-5-3-9-20(25)24(29-14-6-7-15-29)17-27-26(30)21-16-23(18-12-13-18)28-22-10-4-2-8-19(21)22/h2-5,8-11,16,18,24H,6-7,12-15,17H2,1H3,(H,27,30)/t24-/m1/s1. The Hall–Kier alpha value is -2.92. The first-order valence-electron chi connectivity index (χ1n) is 11.3. The van der Waals surface area contributed by atoms with Gasteiger partial charge in [0.2, 0.25) is 0 Å². The lowest BCUT2D eigenvalue weighted by molar-refractivity contribution is 0.0939. The molecule has 1 aliphatic carbocycles. The Kier molecular flexibility index (Phi) is 5.60. The van der Waals surface area contributed by atoms with E-state index in [1.165, 1.54) is 12.8 Å². The zero-order valence-corrected chi connectivity index (χ0v) is 18.0. The lowest BCUT2D eigenvalue weighted by Crippen LogP contribution is -2.37. The van der Waals surface area contributed by atoms with Crippen LogP contribution in [0.1, 0.15) is 59.3 Å². The van der Waals surface area contributed by atoms with Gasteiger partial charge in [-0.3, -0.25) is 14.7 Å². The maximum Gasteiger partial charge on any atom is 0.252 e. The number of benzene rings is 2. The molecule has 2 fully saturated rings. The number of hydrogen-bond acceptors (Lipinski definition) is 4. The van der Waals surface area contributed by atoms with Gasteiger partial charge in [0.05, 0.1) is 24.2 Å². The van der Waals surface area contributed by atoms with E-state index in [1.807, 2.05) is 48.5 Å². The average molecular weight is 416 g/mol. The third-order valence-corrected chi connectivity index (χ3v) is 6.51. The number of methoxy groups -OCH3 is 1. The molecule has 1 saturated carbocycles. The molecule has 2 aromatic carbocycles. The quantitative estimate of drug-likeness (QED) is 0.608. The Labute approximate surface area is 183 Å². The van der Waals surface area contributed by atoms with E-state index in [1.54, 1.807) is 7.11 Å². The van der Waals surface area contributed by atoms with Crippen molar-refractivity contribution >= 4 is 16.8 Å². The van der Waals surface area contributed by atoms with Gasteiger partial charge in [-0.05, 0) is 57.0 Å². The second-order valence-electron chi connectivity index (χ2n) is 8.60. The summed E-state index contributed by atoms with van der Waals surface area (Å²) in [4.78, 5) is 20.6. The topological polar surface area (TPSA) is 54.5 Å². The second-order valence-corrected chi connectivity index (χ2v) is 8.60. The van der Waals surface area contributed by atoms with Gasteiger partial charge < -0.3 is 10.1 Å². The van der Waals surface area contributed by atoms with Crippen molar-refractivity contribution in [2.45, 2.75) is 37.6 Å². The Balaban J connectivity index is 1.43. The number of nitrogens with one attached hydrogen (secondary N) is 1. The summed E-state index contributed by atoms with van der Waals surface area (Å²) < 4.78 is 5.64. The van der Waals surface area contributed by atoms with Gasteiger partial charge >= 0.3 is 0 Å². The van der Waals surface area contributed by atoms with Crippen LogP contribution in [0.4, 0.5) is 0 Å². The first kappa shape index (κ1) is 20.0. The highest BCUT2D eigenvalue weighted by Gasteiger charge is 2.29. The number of pyridine rings is 1. The van der Waals surface area contributed by atoms with E-state index in [-0.39, 0.29) is 11.9 Å². The molecule has 1 saturated heterocycles. The van der Waals surface area contributed by atoms with Crippen LogP contribution >= 0.6 is 0 Å². The SMILES string of the molecule is COc1ccccc1[C@@H](CNC(=O)c1cc(C2CC2)nc2ccccc12)N1CCCC1. The van der Waals surface area contributed by atoms with Crippen LogP contribution in [0.3, 0.4) is 0 Å². The van der Waals surface area contributed by atoms with Crippen molar-refractivity contribution in [2.24, 2.45) is 0 Å². The number of fused-ring (bicyclic) bond motifs is 1. The van der Waals surface area contributed by atoms with Gasteiger partial charge in [0, 0.05) is 29.1 Å². The molecule has 1 aromatic heterocycles. The zero-order valence-electron chi connectivity index (χ0n) is 18.0. The molecule has 0 spiro atoms. The van der Waals surface area contributed by atoms with Crippen LogP contribution in [0.2, 0.25) is 0 Å². The number of para-hydroxylation sites is 2. The highest BCUT2D eigenvalue weighted by atomic mass is 16.5. The van der Waals surface area contributed by atoms with Gasteiger partial charge in [0.25, 0.3) is 5.91 Å². The molecule has 0 unspecified atom stereocenters. The van der Waals surface area contributed by atoms with Crippen LogP contribution in [0.15, 0.2) is 54.6 Å². The predicted octanol–water partition coefficient (Wildman–Crippen LogP) is 4.69. The first-order valence-corrected chi connectivity index (χ1v) is 11.3. The number of aromatic nitrogens is 1. The van der Waals surface area contributed by atoms with Crippen molar-refractivity contribution in [3.63, 3.8) is 0 Å². The van der Waals surface area contributed by atoms with Gasteiger partial charge in [0.1, 0.15) is 5.75 Å². The molecule has 0 radical (unpaired) electrons. The van der Waals surface area contributed by atoms with Gasteiger partial charge in [-0.2, -0.15) is 0 Å². The minimum Gasteiger partial charge on any atom is -0.496 e. The highest BCUT2D eigenvalue weighted by molar-refractivity contribution is 6.06. The monoisotopic (exact) mass is 415 g/mol. The van der Waals surface area contributed by atoms with Crippen LogP contribution in [0, 0.1) is 0 Å². The smallest absolute Gasteiger partial charge is 0.252 e. The minimum atomic E-state index is -0.0282. The molecule has 1 atom stereocenters. The summed E-state index contributed by atoms with van der Waals surface area (Å²) in [6, 6.07) is 18.2. The molecule has 160 valence electrons. The van der Waals surface area contributed by atoms with Crippen molar-refractivity contribution < 1.29 is 9.53 Å². The van der Waals surface area contributed by atoms with Crippen LogP contribution in [-0.2, 0) is 0 Å². The number of rotatable bonds is 7. The number of likely N-dealkylation sites (tertiary alicyclic amines) is 1. The van der Waals surface area contributed by atoms with Crippen LogP contribution in [0.25, 0.3) is 10.9 Å². The third kappa shape index (κ3) is 4.15. The number of amides is 1. The number of carbonyl (C=O) groups excluding carboxylic acids is 1. The molecule has 5 heteroatoms. The van der Waals surface area contributed by atoms with Crippen molar-refractivity contribution in [3.8, 4) is 5.75 Å². The molecular weight excluding hydrogens is 386 g/mol. The van der Waals surface area contributed by atoms with Crippen LogP contribution in [0.5, 0.6) is 5.75 Å². The first-order chi connectivity index (χ1) is 15.2. The summed E-state index contributed by atoms with van der Waals surface area (Å²) >= 11 is 0. The summed E-state index contributed by atoms with van der Waals surface area (Å²) in [7, 11) is 1.71. The van der Waals surface area contributed by atoms with E-state index in [4.69, 9.17) is 9.72 Å². The molecule has 0 bridgehead atoms. The lowest BCUT2D eigenvalue weighted by atomic mass is 10.0. The molecule has 1 amide bonds. The Morgan fingerprint density at radius 3 is 2.65 bits per heavy atom. The predicted molar refractivity (Wildman–Crippen MR) is 123 cm³/mol. The normalized spacial score (nSPS) is 17.6. The summed E-state index contributed by atoms with van der Waals surface area (Å²) in [6.07, 6.45) is 4.72. The van der Waals surface area contributed by atoms with E-state index >= 15 is 0 Å². The molecule has 3 aromatic rings. The molecule has 5 nitrogen and oxygen atoms in total. The van der Waals surface area contributed by atoms with Gasteiger partial charge in [-0.25, -0.2) is 0 Å². The maximum absolute atomic E-state index is 13.4. The van der Waals surface area contributed by atoms with E-state index in [0.29, 0.717) is 12.5 Å². The molecule has 2 aliphatic rings. The van der Waals surface area contributed by atoms with Crippen molar-refractivity contribution in [2.75, 3.05) is 26.7 Å². The fourth-order valence-corrected chi connectivity index (χ4v) is 4.69. The molecule has 1 N–H and O–H groups in total. The van der Waals surface area contributed by atoms with Crippen molar-refractivity contribution in [3.05, 3.63) is 71.4 Å². The molecule has 5 rings (SSSR count). The summed E-state index contributed by atoms with van der Waals surface area (Å²) in [5, 5.41) is 4.16. The van der Waals surface area contributed by atoms with Crippen LogP contribution < -0.4 is 10.1 Å². The van der Waals surface area contributed by atoms with Crippen molar-refractivity contribution in [1.82, 2.24) is 15.2 Å².